The van der Waals surface area contributed by atoms with Crippen LogP contribution in [0.3, 0.4) is 0 Å². The van der Waals surface area contributed by atoms with Crippen molar-refractivity contribution in [3.8, 4) is 0 Å². The van der Waals surface area contributed by atoms with Gasteiger partial charge in [0, 0.05) is 43.8 Å². The van der Waals surface area contributed by atoms with Crippen molar-refractivity contribution < 1.29 is 9.90 Å². The predicted octanol–water partition coefficient (Wildman–Crippen LogP) is 2.21. The third-order valence-corrected chi connectivity index (χ3v) is 4.26. The molecule has 0 aromatic carbocycles. The maximum Gasteiger partial charge on any atom is 0.337 e. The zero-order valence-corrected chi connectivity index (χ0v) is 14.1. The quantitative estimate of drug-likeness (QED) is 0.924. The zero-order valence-electron chi connectivity index (χ0n) is 14.1. The third kappa shape index (κ3) is 4.05. The van der Waals surface area contributed by atoms with Crippen molar-refractivity contribution in [2.24, 2.45) is 0 Å². The Morgan fingerprint density at radius 3 is 2.27 bits per heavy atom. The smallest absolute Gasteiger partial charge is 0.337 e. The minimum atomic E-state index is -0.893. The Balaban J connectivity index is 2.19. The number of pyridine rings is 1. The highest BCUT2D eigenvalue weighted by atomic mass is 16.4. The minimum absolute atomic E-state index is 0.0767. The molecule has 0 radical (unpaired) electrons. The number of nitrogens with zero attached hydrogens (tertiary/aromatic N) is 3. The van der Waals surface area contributed by atoms with E-state index in [1.807, 2.05) is 6.07 Å². The lowest BCUT2D eigenvalue weighted by molar-refractivity contribution is 0.0692. The van der Waals surface area contributed by atoms with Gasteiger partial charge in [0.2, 0.25) is 0 Å². The van der Waals surface area contributed by atoms with Gasteiger partial charge < -0.3 is 10.0 Å². The minimum Gasteiger partial charge on any atom is -0.478 e. The van der Waals surface area contributed by atoms with Crippen LogP contribution in [0.4, 0.5) is 0 Å². The van der Waals surface area contributed by atoms with E-state index < -0.39 is 5.97 Å². The van der Waals surface area contributed by atoms with Crippen molar-refractivity contribution in [3.05, 3.63) is 29.1 Å². The summed E-state index contributed by atoms with van der Waals surface area (Å²) < 4.78 is 0. The second kappa shape index (κ2) is 6.75. The van der Waals surface area contributed by atoms with Gasteiger partial charge in [0.15, 0.2) is 0 Å². The second-order valence-electron chi connectivity index (χ2n) is 6.96. The van der Waals surface area contributed by atoms with Gasteiger partial charge in [0.1, 0.15) is 0 Å². The first-order valence-corrected chi connectivity index (χ1v) is 7.99. The van der Waals surface area contributed by atoms with Crippen LogP contribution >= 0.6 is 0 Å². The van der Waals surface area contributed by atoms with Crippen LogP contribution in [0.15, 0.2) is 12.1 Å². The topological polar surface area (TPSA) is 56.7 Å². The number of hydrogen-bond donors (Lipinski definition) is 1. The molecule has 0 spiro atoms. The molecule has 5 nitrogen and oxygen atoms in total. The van der Waals surface area contributed by atoms with Crippen molar-refractivity contribution in [1.29, 1.82) is 0 Å². The van der Waals surface area contributed by atoms with E-state index in [0.717, 1.165) is 38.4 Å². The number of carbonyl (C=O) groups is 1. The average molecular weight is 305 g/mol. The first-order chi connectivity index (χ1) is 10.3. The van der Waals surface area contributed by atoms with Gasteiger partial charge in [-0.25, -0.2) is 4.79 Å². The molecule has 22 heavy (non-hydrogen) atoms. The van der Waals surface area contributed by atoms with E-state index in [-0.39, 0.29) is 5.41 Å². The normalized spacial score (nSPS) is 17.6. The fourth-order valence-electron chi connectivity index (χ4n) is 2.71. The fourth-order valence-corrected chi connectivity index (χ4v) is 2.71. The molecule has 1 aromatic rings. The molecule has 122 valence electrons. The van der Waals surface area contributed by atoms with Gasteiger partial charge in [-0.15, -0.1) is 0 Å². The van der Waals surface area contributed by atoms with Crippen LogP contribution in [0.1, 0.15) is 49.4 Å². The lowest BCUT2D eigenvalue weighted by Crippen LogP contribution is -2.45. The van der Waals surface area contributed by atoms with Crippen molar-refractivity contribution in [1.82, 2.24) is 14.8 Å². The first-order valence-electron chi connectivity index (χ1n) is 7.99. The standard InChI is InChI=1S/C17H27N3O2/c1-5-19-8-10-20(11-9-19)12-14-13(16(21)22)6-7-15(18-14)17(2,3)4/h6-7H,5,8-12H2,1-4H3,(H,21,22). The van der Waals surface area contributed by atoms with Gasteiger partial charge in [-0.05, 0) is 18.7 Å². The van der Waals surface area contributed by atoms with E-state index in [1.165, 1.54) is 0 Å². The SMILES string of the molecule is CCN1CCN(Cc2nc(C(C)(C)C)ccc2C(=O)O)CC1. The summed E-state index contributed by atoms with van der Waals surface area (Å²) >= 11 is 0. The summed E-state index contributed by atoms with van der Waals surface area (Å²) in [6.07, 6.45) is 0. The molecule has 1 aliphatic heterocycles. The maximum atomic E-state index is 11.5. The van der Waals surface area contributed by atoms with Gasteiger partial charge in [-0.3, -0.25) is 9.88 Å². The third-order valence-electron chi connectivity index (χ3n) is 4.26. The van der Waals surface area contributed by atoms with E-state index in [4.69, 9.17) is 0 Å². The molecule has 2 heterocycles. The molecule has 1 N–H and O–H groups in total. The summed E-state index contributed by atoms with van der Waals surface area (Å²) in [5, 5.41) is 9.40. The van der Waals surface area contributed by atoms with Crippen molar-refractivity contribution in [2.45, 2.75) is 39.7 Å². The second-order valence-corrected chi connectivity index (χ2v) is 6.96. The monoisotopic (exact) mass is 305 g/mol. The highest BCUT2D eigenvalue weighted by Gasteiger charge is 2.22. The van der Waals surface area contributed by atoms with Crippen LogP contribution in [-0.2, 0) is 12.0 Å². The molecule has 0 unspecified atom stereocenters. The Bertz CT molecular complexity index is 529. The van der Waals surface area contributed by atoms with Gasteiger partial charge >= 0.3 is 5.97 Å². The Hall–Kier alpha value is -1.46. The summed E-state index contributed by atoms with van der Waals surface area (Å²) in [5.41, 5.74) is 1.88. The number of carboxylic acids is 1. The summed E-state index contributed by atoms with van der Waals surface area (Å²) in [5.74, 6) is -0.893. The highest BCUT2D eigenvalue weighted by molar-refractivity contribution is 5.88. The molecule has 0 saturated carbocycles. The molecule has 0 amide bonds. The zero-order chi connectivity index (χ0) is 16.3. The molecular weight excluding hydrogens is 278 g/mol. The summed E-state index contributed by atoms with van der Waals surface area (Å²) in [6, 6.07) is 3.54. The van der Waals surface area contributed by atoms with Gasteiger partial charge in [0.05, 0.1) is 11.3 Å². The lowest BCUT2D eigenvalue weighted by Gasteiger charge is -2.34. The number of likely N-dealkylation sites (N-methyl/N-ethyl adjacent to an activating group) is 1. The molecule has 5 heteroatoms. The van der Waals surface area contributed by atoms with Crippen LogP contribution in [0.5, 0.6) is 0 Å². The van der Waals surface area contributed by atoms with E-state index in [2.05, 4.69) is 42.5 Å². The van der Waals surface area contributed by atoms with Crippen molar-refractivity contribution in [2.75, 3.05) is 32.7 Å². The van der Waals surface area contributed by atoms with Crippen LogP contribution < -0.4 is 0 Å². The number of aromatic nitrogens is 1. The average Bonchev–Trinajstić information content (AvgIpc) is 2.47. The number of hydrogen-bond acceptors (Lipinski definition) is 4. The molecular formula is C17H27N3O2. The van der Waals surface area contributed by atoms with E-state index in [1.54, 1.807) is 6.07 Å². The molecule has 1 fully saturated rings. The number of aromatic carboxylic acids is 1. The van der Waals surface area contributed by atoms with Crippen LogP contribution in [0.25, 0.3) is 0 Å². The Morgan fingerprint density at radius 1 is 1.18 bits per heavy atom. The Labute approximate surface area is 132 Å². The number of rotatable bonds is 4. The molecule has 2 rings (SSSR count). The number of carboxylic acid groups (broad SMARTS) is 1. The Morgan fingerprint density at radius 2 is 1.77 bits per heavy atom. The van der Waals surface area contributed by atoms with Gasteiger partial charge in [-0.1, -0.05) is 27.7 Å². The van der Waals surface area contributed by atoms with Crippen LogP contribution in [-0.4, -0.2) is 58.6 Å². The predicted molar refractivity (Wildman–Crippen MR) is 87.3 cm³/mol. The summed E-state index contributed by atoms with van der Waals surface area (Å²) in [6.45, 7) is 14.2. The lowest BCUT2D eigenvalue weighted by atomic mass is 9.91. The molecule has 0 atom stereocenters. The molecule has 0 aliphatic carbocycles. The highest BCUT2D eigenvalue weighted by Crippen LogP contribution is 2.22. The Kier molecular flexibility index (Phi) is 5.19. The van der Waals surface area contributed by atoms with E-state index >= 15 is 0 Å². The first kappa shape index (κ1) is 16.9. The van der Waals surface area contributed by atoms with E-state index in [9.17, 15) is 9.90 Å². The number of piperazine rings is 1. The van der Waals surface area contributed by atoms with Crippen LogP contribution in [0, 0.1) is 0 Å². The molecule has 1 aliphatic rings. The molecule has 0 bridgehead atoms. The van der Waals surface area contributed by atoms with Gasteiger partial charge in [0.25, 0.3) is 0 Å². The summed E-state index contributed by atoms with van der Waals surface area (Å²) in [7, 11) is 0. The van der Waals surface area contributed by atoms with E-state index in [0.29, 0.717) is 17.8 Å². The van der Waals surface area contributed by atoms with Crippen molar-refractivity contribution >= 4 is 5.97 Å². The largest absolute Gasteiger partial charge is 0.478 e. The molecule has 1 aromatic heterocycles. The fraction of sp³-hybridized carbons (Fsp3) is 0.647. The maximum absolute atomic E-state index is 11.5. The van der Waals surface area contributed by atoms with Crippen LogP contribution in [0.2, 0.25) is 0 Å². The van der Waals surface area contributed by atoms with Gasteiger partial charge in [-0.2, -0.15) is 0 Å². The van der Waals surface area contributed by atoms with Crippen molar-refractivity contribution in [3.63, 3.8) is 0 Å². The summed E-state index contributed by atoms with van der Waals surface area (Å²) in [4.78, 5) is 20.8. The molecule has 1 saturated heterocycles.